The van der Waals surface area contributed by atoms with Crippen molar-refractivity contribution in [2.24, 2.45) is 0 Å². The molecule has 0 bridgehead atoms. The summed E-state index contributed by atoms with van der Waals surface area (Å²) in [6, 6.07) is 15.9. The molecule has 0 unspecified atom stereocenters. The van der Waals surface area contributed by atoms with Crippen molar-refractivity contribution in [3.63, 3.8) is 0 Å². The first-order valence-corrected chi connectivity index (χ1v) is 8.73. The number of nitriles is 1. The number of furan rings is 1. The highest BCUT2D eigenvalue weighted by molar-refractivity contribution is 6.39. The number of anilines is 1. The van der Waals surface area contributed by atoms with Crippen LogP contribution >= 0.6 is 0 Å². The van der Waals surface area contributed by atoms with Gasteiger partial charge >= 0.3 is 6.03 Å². The summed E-state index contributed by atoms with van der Waals surface area (Å²) < 4.78 is 19.2. The van der Waals surface area contributed by atoms with Crippen LogP contribution in [-0.2, 0) is 9.59 Å². The third-order valence-corrected chi connectivity index (χ3v) is 4.38. The van der Waals surface area contributed by atoms with E-state index in [1.807, 2.05) is 6.07 Å². The van der Waals surface area contributed by atoms with Crippen molar-refractivity contribution in [1.82, 2.24) is 5.32 Å². The van der Waals surface area contributed by atoms with Gasteiger partial charge in [0.15, 0.2) is 0 Å². The molecule has 0 spiro atoms. The molecular formula is C22H12FN3O4. The van der Waals surface area contributed by atoms with Crippen LogP contribution < -0.4 is 10.2 Å². The lowest BCUT2D eigenvalue weighted by Crippen LogP contribution is -2.54. The number of hydrogen-bond donors (Lipinski definition) is 1. The van der Waals surface area contributed by atoms with E-state index in [1.165, 1.54) is 24.3 Å². The minimum Gasteiger partial charge on any atom is -0.457 e. The summed E-state index contributed by atoms with van der Waals surface area (Å²) in [7, 11) is 0. The number of rotatable bonds is 3. The van der Waals surface area contributed by atoms with Gasteiger partial charge in [-0.3, -0.25) is 14.9 Å². The van der Waals surface area contributed by atoms with Gasteiger partial charge in [-0.25, -0.2) is 14.1 Å². The zero-order valence-corrected chi connectivity index (χ0v) is 15.3. The van der Waals surface area contributed by atoms with Crippen molar-refractivity contribution in [2.75, 3.05) is 4.90 Å². The smallest absolute Gasteiger partial charge is 0.335 e. The standard InChI is InChI=1S/C22H12FN3O4/c23-15-2-1-3-16(10-15)26-21(28)18(20(27)25-22(26)29)11-17-8-9-19(30-17)14-6-4-13(12-24)5-7-14/h1-11H,(H,25,27,29)/b18-11+. The number of halogens is 1. The fraction of sp³-hybridized carbons (Fsp3) is 0. The summed E-state index contributed by atoms with van der Waals surface area (Å²) in [5.74, 6) is -1.73. The number of urea groups is 1. The Morgan fingerprint density at radius 2 is 1.80 bits per heavy atom. The van der Waals surface area contributed by atoms with Crippen molar-refractivity contribution in [3.05, 3.63) is 83.4 Å². The largest absolute Gasteiger partial charge is 0.457 e. The molecule has 1 aliphatic rings. The van der Waals surface area contributed by atoms with Crippen LogP contribution in [-0.4, -0.2) is 17.8 Å². The van der Waals surface area contributed by atoms with E-state index < -0.39 is 23.7 Å². The van der Waals surface area contributed by atoms with Crippen LogP contribution in [0.5, 0.6) is 0 Å². The van der Waals surface area contributed by atoms with E-state index in [-0.39, 0.29) is 17.0 Å². The Morgan fingerprint density at radius 1 is 1.03 bits per heavy atom. The Kier molecular flexibility index (Phi) is 4.70. The third kappa shape index (κ3) is 3.47. The Labute approximate surface area is 169 Å². The number of imide groups is 2. The van der Waals surface area contributed by atoms with Crippen LogP contribution in [0.2, 0.25) is 0 Å². The number of carbonyl (C=O) groups excluding carboxylic acids is 3. The summed E-state index contributed by atoms with van der Waals surface area (Å²) in [6.45, 7) is 0. The van der Waals surface area contributed by atoms with Gasteiger partial charge in [-0.15, -0.1) is 0 Å². The van der Waals surface area contributed by atoms with Gasteiger partial charge in [0.1, 0.15) is 22.9 Å². The number of hydrogen-bond acceptors (Lipinski definition) is 5. The Morgan fingerprint density at radius 3 is 2.50 bits per heavy atom. The molecule has 7 nitrogen and oxygen atoms in total. The number of benzene rings is 2. The van der Waals surface area contributed by atoms with Crippen LogP contribution in [0.15, 0.2) is 70.7 Å². The summed E-state index contributed by atoms with van der Waals surface area (Å²) >= 11 is 0. The molecule has 30 heavy (non-hydrogen) atoms. The van der Waals surface area contributed by atoms with Gasteiger partial charge in [0.2, 0.25) is 0 Å². The Hall–Kier alpha value is -4.51. The first-order chi connectivity index (χ1) is 14.5. The number of barbiturate groups is 1. The van der Waals surface area contributed by atoms with Crippen LogP contribution in [0.1, 0.15) is 11.3 Å². The summed E-state index contributed by atoms with van der Waals surface area (Å²) in [6.07, 6.45) is 1.21. The van der Waals surface area contributed by atoms with Crippen molar-refractivity contribution in [2.45, 2.75) is 0 Å². The maximum atomic E-state index is 13.5. The van der Waals surface area contributed by atoms with Gasteiger partial charge in [-0.05, 0) is 60.7 Å². The summed E-state index contributed by atoms with van der Waals surface area (Å²) in [5.41, 5.74) is 0.863. The second kappa shape index (κ2) is 7.48. The molecule has 146 valence electrons. The molecule has 0 atom stereocenters. The first kappa shape index (κ1) is 18.8. The van der Waals surface area contributed by atoms with E-state index in [0.717, 1.165) is 6.07 Å². The molecule has 1 fully saturated rings. The van der Waals surface area contributed by atoms with Gasteiger partial charge in [0, 0.05) is 5.56 Å². The lowest BCUT2D eigenvalue weighted by atomic mass is 10.1. The fourth-order valence-corrected chi connectivity index (χ4v) is 2.94. The molecule has 0 radical (unpaired) electrons. The van der Waals surface area contributed by atoms with Crippen molar-refractivity contribution >= 4 is 29.6 Å². The third-order valence-electron chi connectivity index (χ3n) is 4.38. The van der Waals surface area contributed by atoms with Gasteiger partial charge < -0.3 is 4.42 Å². The number of nitrogens with one attached hydrogen (secondary N) is 1. The molecular weight excluding hydrogens is 389 g/mol. The van der Waals surface area contributed by atoms with E-state index in [1.54, 1.807) is 36.4 Å². The maximum absolute atomic E-state index is 13.5. The molecule has 3 aromatic rings. The zero-order valence-electron chi connectivity index (χ0n) is 15.3. The van der Waals surface area contributed by atoms with Crippen LogP contribution in [0.4, 0.5) is 14.9 Å². The van der Waals surface area contributed by atoms with Crippen molar-refractivity contribution < 1.29 is 23.2 Å². The average molecular weight is 401 g/mol. The van der Waals surface area contributed by atoms with Gasteiger partial charge in [0.25, 0.3) is 11.8 Å². The van der Waals surface area contributed by atoms with Gasteiger partial charge in [0.05, 0.1) is 17.3 Å². The average Bonchev–Trinajstić information content (AvgIpc) is 3.20. The molecule has 2 heterocycles. The van der Waals surface area contributed by atoms with E-state index in [2.05, 4.69) is 5.32 Å². The normalized spacial score (nSPS) is 15.3. The molecule has 1 aromatic heterocycles. The van der Waals surface area contributed by atoms with E-state index in [4.69, 9.17) is 9.68 Å². The van der Waals surface area contributed by atoms with Crippen molar-refractivity contribution in [3.8, 4) is 17.4 Å². The fourth-order valence-electron chi connectivity index (χ4n) is 2.94. The van der Waals surface area contributed by atoms with Crippen LogP contribution in [0, 0.1) is 17.1 Å². The van der Waals surface area contributed by atoms with Crippen LogP contribution in [0.3, 0.4) is 0 Å². The Bertz CT molecular complexity index is 1250. The summed E-state index contributed by atoms with van der Waals surface area (Å²) in [4.78, 5) is 37.8. The lowest BCUT2D eigenvalue weighted by molar-refractivity contribution is -0.122. The highest BCUT2D eigenvalue weighted by Gasteiger charge is 2.37. The van der Waals surface area contributed by atoms with E-state index in [0.29, 0.717) is 21.8 Å². The lowest BCUT2D eigenvalue weighted by Gasteiger charge is -2.26. The predicted octanol–water partition coefficient (Wildman–Crippen LogP) is 3.62. The first-order valence-electron chi connectivity index (χ1n) is 8.73. The molecule has 1 N–H and O–H groups in total. The molecule has 0 aliphatic carbocycles. The molecule has 4 rings (SSSR count). The maximum Gasteiger partial charge on any atom is 0.335 e. The summed E-state index contributed by atoms with van der Waals surface area (Å²) in [5, 5.41) is 10.9. The van der Waals surface area contributed by atoms with Crippen molar-refractivity contribution in [1.29, 1.82) is 5.26 Å². The molecule has 2 aromatic carbocycles. The van der Waals surface area contributed by atoms with Gasteiger partial charge in [-0.1, -0.05) is 6.07 Å². The van der Waals surface area contributed by atoms with E-state index >= 15 is 0 Å². The zero-order chi connectivity index (χ0) is 21.3. The second-order valence-corrected chi connectivity index (χ2v) is 6.33. The molecule has 8 heteroatoms. The molecule has 1 aliphatic heterocycles. The molecule has 0 saturated carbocycles. The monoisotopic (exact) mass is 401 g/mol. The highest BCUT2D eigenvalue weighted by Crippen LogP contribution is 2.26. The molecule has 4 amide bonds. The van der Waals surface area contributed by atoms with Crippen LogP contribution in [0.25, 0.3) is 17.4 Å². The number of carbonyl (C=O) groups is 3. The number of nitrogens with zero attached hydrogens (tertiary/aromatic N) is 2. The number of amides is 4. The molecule has 1 saturated heterocycles. The highest BCUT2D eigenvalue weighted by atomic mass is 19.1. The second-order valence-electron chi connectivity index (χ2n) is 6.33. The Balaban J connectivity index is 1.66. The SMILES string of the molecule is N#Cc1ccc(-c2ccc(/C=C3\C(=O)NC(=O)N(c4cccc(F)c4)C3=O)o2)cc1. The van der Waals surface area contributed by atoms with Gasteiger partial charge in [-0.2, -0.15) is 5.26 Å². The minimum absolute atomic E-state index is 0.00591. The predicted molar refractivity (Wildman–Crippen MR) is 104 cm³/mol. The topological polar surface area (TPSA) is 103 Å². The quantitative estimate of drug-likeness (QED) is 0.533. The minimum atomic E-state index is -0.967. The van der Waals surface area contributed by atoms with E-state index in [9.17, 15) is 18.8 Å².